The van der Waals surface area contributed by atoms with Gasteiger partial charge in [0.1, 0.15) is 5.78 Å². The Morgan fingerprint density at radius 2 is 1.37 bits per heavy atom. The van der Waals surface area contributed by atoms with Gasteiger partial charge in [-0.1, -0.05) is 30.7 Å². The molecule has 6 unspecified atom stereocenters. The molecule has 5 aliphatic carbocycles. The predicted molar refractivity (Wildman–Crippen MR) is 74.4 cm³/mol. The van der Waals surface area contributed by atoms with Gasteiger partial charge in [0.05, 0.1) is 0 Å². The molecule has 2 spiro atoms. The number of hydrogen-bond donors (Lipinski definition) is 0. The molecule has 3 fully saturated rings. The molecule has 4 bridgehead atoms. The van der Waals surface area contributed by atoms with Gasteiger partial charge in [-0.3, -0.25) is 4.79 Å². The van der Waals surface area contributed by atoms with Crippen molar-refractivity contribution in [3.63, 3.8) is 0 Å². The Kier molecular flexibility index (Phi) is 1.86. The first-order valence-electron chi connectivity index (χ1n) is 8.15. The van der Waals surface area contributed by atoms with Gasteiger partial charge in [-0.25, -0.2) is 0 Å². The SMILES string of the molecule is O=C1C2(CCCC13CC1C=CC3C1)CC1C=CC2C1. The van der Waals surface area contributed by atoms with E-state index in [0.29, 0.717) is 17.6 Å². The van der Waals surface area contributed by atoms with E-state index in [-0.39, 0.29) is 10.8 Å². The number of hydrogen-bond acceptors (Lipinski definition) is 1. The molecule has 0 N–H and O–H groups in total. The normalized spacial score (nSPS) is 57.2. The van der Waals surface area contributed by atoms with E-state index in [9.17, 15) is 4.79 Å². The van der Waals surface area contributed by atoms with Crippen LogP contribution in [-0.2, 0) is 4.79 Å². The topological polar surface area (TPSA) is 17.1 Å². The van der Waals surface area contributed by atoms with Crippen molar-refractivity contribution in [2.24, 2.45) is 34.5 Å². The molecule has 3 saturated carbocycles. The lowest BCUT2D eigenvalue weighted by Gasteiger charge is -2.49. The lowest BCUT2D eigenvalue weighted by Crippen LogP contribution is -2.51. The van der Waals surface area contributed by atoms with Gasteiger partial charge < -0.3 is 0 Å². The van der Waals surface area contributed by atoms with Crippen LogP contribution in [0.1, 0.15) is 44.9 Å². The van der Waals surface area contributed by atoms with E-state index < -0.39 is 0 Å². The average Bonchev–Trinajstić information content (AvgIpc) is 3.15. The molecule has 1 nitrogen and oxygen atoms in total. The summed E-state index contributed by atoms with van der Waals surface area (Å²) >= 11 is 0. The van der Waals surface area contributed by atoms with Crippen molar-refractivity contribution >= 4 is 5.78 Å². The average molecular weight is 254 g/mol. The number of Topliss-reactive ketones (excluding diaryl/α,β-unsaturated/α-hetero) is 1. The maximum Gasteiger partial charge on any atom is 0.146 e. The summed E-state index contributed by atoms with van der Waals surface area (Å²) < 4.78 is 0. The predicted octanol–water partition coefficient (Wildman–Crippen LogP) is 3.90. The summed E-state index contributed by atoms with van der Waals surface area (Å²) in [4.78, 5) is 13.5. The Labute approximate surface area is 115 Å². The minimum atomic E-state index is 0.0655. The summed E-state index contributed by atoms with van der Waals surface area (Å²) in [5.74, 6) is 3.31. The quantitative estimate of drug-likeness (QED) is 0.599. The Morgan fingerprint density at radius 1 is 0.842 bits per heavy atom. The third kappa shape index (κ3) is 1.13. The lowest BCUT2D eigenvalue weighted by atomic mass is 9.53. The van der Waals surface area contributed by atoms with Gasteiger partial charge in [-0.15, -0.1) is 0 Å². The van der Waals surface area contributed by atoms with Crippen LogP contribution >= 0.6 is 0 Å². The third-order valence-electron chi connectivity index (χ3n) is 7.17. The van der Waals surface area contributed by atoms with Crippen LogP contribution in [-0.4, -0.2) is 5.78 Å². The molecule has 0 aromatic heterocycles. The highest BCUT2D eigenvalue weighted by molar-refractivity contribution is 5.93. The lowest BCUT2D eigenvalue weighted by molar-refractivity contribution is -0.148. The molecular weight excluding hydrogens is 232 g/mol. The van der Waals surface area contributed by atoms with Crippen molar-refractivity contribution in [1.29, 1.82) is 0 Å². The highest BCUT2D eigenvalue weighted by Crippen LogP contribution is 2.66. The Morgan fingerprint density at radius 3 is 1.74 bits per heavy atom. The van der Waals surface area contributed by atoms with Crippen molar-refractivity contribution in [3.8, 4) is 0 Å². The van der Waals surface area contributed by atoms with E-state index in [2.05, 4.69) is 24.3 Å². The molecule has 5 aliphatic rings. The van der Waals surface area contributed by atoms with Crippen molar-refractivity contribution < 1.29 is 4.79 Å². The van der Waals surface area contributed by atoms with Gasteiger partial charge in [0.2, 0.25) is 0 Å². The molecular formula is C18H22O. The smallest absolute Gasteiger partial charge is 0.146 e. The number of allylic oxidation sites excluding steroid dienone is 4. The fourth-order valence-electron chi connectivity index (χ4n) is 6.45. The van der Waals surface area contributed by atoms with Crippen LogP contribution in [0.4, 0.5) is 0 Å². The van der Waals surface area contributed by atoms with E-state index in [1.165, 1.54) is 44.9 Å². The fourth-order valence-corrected chi connectivity index (χ4v) is 6.45. The number of fused-ring (bicyclic) bond motifs is 6. The van der Waals surface area contributed by atoms with Crippen LogP contribution in [0.15, 0.2) is 24.3 Å². The van der Waals surface area contributed by atoms with E-state index in [4.69, 9.17) is 0 Å². The zero-order chi connectivity index (χ0) is 12.7. The molecule has 100 valence electrons. The molecule has 1 heteroatoms. The number of ketones is 1. The largest absolute Gasteiger partial charge is 0.298 e. The first kappa shape index (κ1) is 10.9. The van der Waals surface area contributed by atoms with Crippen LogP contribution in [0.25, 0.3) is 0 Å². The van der Waals surface area contributed by atoms with Gasteiger partial charge >= 0.3 is 0 Å². The molecule has 0 aliphatic heterocycles. The second-order valence-corrected chi connectivity index (χ2v) is 7.88. The highest BCUT2D eigenvalue weighted by atomic mass is 16.1. The highest BCUT2D eigenvalue weighted by Gasteiger charge is 2.64. The second kappa shape index (κ2) is 3.24. The van der Waals surface area contributed by atoms with Gasteiger partial charge in [0.15, 0.2) is 0 Å². The molecule has 0 amide bonds. The molecule has 0 radical (unpaired) electrons. The Bertz CT molecular complexity index is 472. The maximum atomic E-state index is 13.5. The van der Waals surface area contributed by atoms with Gasteiger partial charge in [-0.2, -0.15) is 0 Å². The maximum absolute atomic E-state index is 13.5. The fraction of sp³-hybridized carbons (Fsp3) is 0.722. The molecule has 0 saturated heterocycles. The minimum absolute atomic E-state index is 0.0655. The van der Waals surface area contributed by atoms with Gasteiger partial charge in [-0.05, 0) is 62.2 Å². The molecule has 0 aromatic rings. The monoisotopic (exact) mass is 254 g/mol. The van der Waals surface area contributed by atoms with Gasteiger partial charge in [0, 0.05) is 10.8 Å². The third-order valence-corrected chi connectivity index (χ3v) is 7.17. The zero-order valence-electron chi connectivity index (χ0n) is 11.5. The van der Waals surface area contributed by atoms with Crippen molar-refractivity contribution in [2.75, 3.05) is 0 Å². The summed E-state index contributed by atoms with van der Waals surface area (Å²) in [5, 5.41) is 0. The van der Waals surface area contributed by atoms with Crippen molar-refractivity contribution in [1.82, 2.24) is 0 Å². The van der Waals surface area contributed by atoms with E-state index in [0.717, 1.165) is 11.8 Å². The summed E-state index contributed by atoms with van der Waals surface area (Å²) in [6.45, 7) is 0. The Hall–Kier alpha value is -0.850. The number of rotatable bonds is 0. The second-order valence-electron chi connectivity index (χ2n) is 7.88. The summed E-state index contributed by atoms with van der Waals surface area (Å²) in [5.41, 5.74) is 0.131. The van der Waals surface area contributed by atoms with E-state index >= 15 is 0 Å². The summed E-state index contributed by atoms with van der Waals surface area (Å²) in [6.07, 6.45) is 18.1. The first-order valence-corrected chi connectivity index (χ1v) is 8.15. The van der Waals surface area contributed by atoms with E-state index in [1.807, 2.05) is 0 Å². The molecule has 19 heavy (non-hydrogen) atoms. The van der Waals surface area contributed by atoms with E-state index in [1.54, 1.807) is 0 Å². The standard InChI is InChI=1S/C18H22O/c19-16-17(10-12-2-4-14(17)8-12)6-1-7-18(16)11-13-3-5-15(18)9-13/h2-5,12-15H,1,6-11H2. The molecule has 5 rings (SSSR count). The first-order chi connectivity index (χ1) is 9.23. The van der Waals surface area contributed by atoms with Crippen molar-refractivity contribution in [2.45, 2.75) is 44.9 Å². The number of carbonyl (C=O) groups is 1. The molecule has 6 atom stereocenters. The summed E-state index contributed by atoms with van der Waals surface area (Å²) in [6, 6.07) is 0. The van der Waals surface area contributed by atoms with Crippen LogP contribution in [0.2, 0.25) is 0 Å². The molecule has 0 heterocycles. The van der Waals surface area contributed by atoms with Crippen LogP contribution < -0.4 is 0 Å². The van der Waals surface area contributed by atoms with Crippen LogP contribution in [0.5, 0.6) is 0 Å². The van der Waals surface area contributed by atoms with Crippen molar-refractivity contribution in [3.05, 3.63) is 24.3 Å². The Balaban J connectivity index is 1.59. The van der Waals surface area contributed by atoms with Gasteiger partial charge in [0.25, 0.3) is 0 Å². The number of carbonyl (C=O) groups excluding carboxylic acids is 1. The van der Waals surface area contributed by atoms with Crippen LogP contribution in [0.3, 0.4) is 0 Å². The van der Waals surface area contributed by atoms with Crippen LogP contribution in [0, 0.1) is 34.5 Å². The molecule has 0 aromatic carbocycles. The minimum Gasteiger partial charge on any atom is -0.298 e. The summed E-state index contributed by atoms with van der Waals surface area (Å²) in [7, 11) is 0. The zero-order valence-corrected chi connectivity index (χ0v) is 11.5.